The van der Waals surface area contributed by atoms with Gasteiger partial charge in [-0.25, -0.2) is 8.42 Å². The van der Waals surface area contributed by atoms with Crippen LogP contribution < -0.4 is 14.4 Å². The monoisotopic (exact) mass is 571 g/mol. The molecular formula is C26H35Cl2N3O5S. The first-order chi connectivity index (χ1) is 17.5. The van der Waals surface area contributed by atoms with Crippen molar-refractivity contribution in [2.75, 3.05) is 30.3 Å². The van der Waals surface area contributed by atoms with Crippen LogP contribution in [0.2, 0.25) is 10.0 Å². The van der Waals surface area contributed by atoms with E-state index in [1.807, 2.05) is 13.8 Å². The lowest BCUT2D eigenvalue weighted by atomic mass is 10.1. The molecule has 0 spiro atoms. The molecule has 0 bridgehead atoms. The van der Waals surface area contributed by atoms with Gasteiger partial charge in [0.05, 0.1) is 28.6 Å². The van der Waals surface area contributed by atoms with Crippen molar-refractivity contribution >= 4 is 50.7 Å². The van der Waals surface area contributed by atoms with Gasteiger partial charge < -0.3 is 15.0 Å². The van der Waals surface area contributed by atoms with Crippen molar-refractivity contribution in [3.63, 3.8) is 0 Å². The van der Waals surface area contributed by atoms with Crippen LogP contribution in [0.25, 0.3) is 0 Å². The molecular weight excluding hydrogens is 537 g/mol. The maximum Gasteiger partial charge on any atom is 0.244 e. The van der Waals surface area contributed by atoms with Gasteiger partial charge in [-0.2, -0.15) is 0 Å². The molecule has 1 N–H and O–H groups in total. The molecule has 0 aliphatic carbocycles. The molecule has 37 heavy (non-hydrogen) atoms. The Bertz CT molecular complexity index is 1160. The SMILES string of the molecule is CCCCNC(=O)[C@@H](CC)N(Cc1ccc(Cl)c(Cl)c1)C(=O)CN(c1ccc(OCC)cc1)S(C)(=O)=O. The average Bonchev–Trinajstić information content (AvgIpc) is 2.84. The highest BCUT2D eigenvalue weighted by atomic mass is 35.5. The Labute approximate surface area is 229 Å². The molecule has 0 aromatic heterocycles. The number of hydrogen-bond acceptors (Lipinski definition) is 5. The van der Waals surface area contributed by atoms with E-state index in [0.717, 1.165) is 23.4 Å². The molecule has 0 radical (unpaired) electrons. The summed E-state index contributed by atoms with van der Waals surface area (Å²) in [6, 6.07) is 10.6. The topological polar surface area (TPSA) is 96.0 Å². The van der Waals surface area contributed by atoms with Crippen LogP contribution in [0.15, 0.2) is 42.5 Å². The normalized spacial score (nSPS) is 12.1. The van der Waals surface area contributed by atoms with E-state index >= 15 is 0 Å². The summed E-state index contributed by atoms with van der Waals surface area (Å²) in [6.45, 7) is 6.20. The van der Waals surface area contributed by atoms with Gasteiger partial charge in [-0.05, 0) is 61.7 Å². The number of rotatable bonds is 14. The van der Waals surface area contributed by atoms with Crippen molar-refractivity contribution in [3.05, 3.63) is 58.1 Å². The van der Waals surface area contributed by atoms with Crippen LogP contribution in [-0.4, -0.2) is 57.1 Å². The lowest BCUT2D eigenvalue weighted by Crippen LogP contribution is -2.52. The van der Waals surface area contributed by atoms with Crippen LogP contribution in [0.4, 0.5) is 5.69 Å². The zero-order valence-electron chi connectivity index (χ0n) is 21.7. The lowest BCUT2D eigenvalue weighted by molar-refractivity contribution is -0.140. The summed E-state index contributed by atoms with van der Waals surface area (Å²) in [7, 11) is -3.82. The number of nitrogens with one attached hydrogen (secondary N) is 1. The number of halogens is 2. The van der Waals surface area contributed by atoms with Crippen molar-refractivity contribution in [3.8, 4) is 5.75 Å². The molecule has 0 fully saturated rings. The van der Waals surface area contributed by atoms with Gasteiger partial charge in [-0.1, -0.05) is 49.5 Å². The summed E-state index contributed by atoms with van der Waals surface area (Å²) < 4.78 is 31.9. The van der Waals surface area contributed by atoms with Crippen molar-refractivity contribution in [1.29, 1.82) is 0 Å². The van der Waals surface area contributed by atoms with E-state index in [-0.39, 0.29) is 12.5 Å². The molecule has 2 aromatic rings. The van der Waals surface area contributed by atoms with Gasteiger partial charge in [-0.3, -0.25) is 13.9 Å². The van der Waals surface area contributed by atoms with Crippen LogP contribution in [0.3, 0.4) is 0 Å². The molecule has 2 aromatic carbocycles. The van der Waals surface area contributed by atoms with Gasteiger partial charge in [0.1, 0.15) is 18.3 Å². The molecule has 0 aliphatic heterocycles. The fourth-order valence-electron chi connectivity index (χ4n) is 3.75. The predicted molar refractivity (Wildman–Crippen MR) is 149 cm³/mol. The van der Waals surface area contributed by atoms with Crippen molar-refractivity contribution in [1.82, 2.24) is 10.2 Å². The van der Waals surface area contributed by atoms with Crippen LogP contribution in [0.5, 0.6) is 5.75 Å². The van der Waals surface area contributed by atoms with E-state index in [1.165, 1.54) is 4.90 Å². The highest BCUT2D eigenvalue weighted by Gasteiger charge is 2.31. The number of hydrogen-bond donors (Lipinski definition) is 1. The number of sulfonamides is 1. The molecule has 8 nitrogen and oxygen atoms in total. The van der Waals surface area contributed by atoms with Crippen LogP contribution in [0.1, 0.15) is 45.6 Å². The Hall–Kier alpha value is -2.49. The van der Waals surface area contributed by atoms with E-state index in [0.29, 0.717) is 46.6 Å². The highest BCUT2D eigenvalue weighted by Crippen LogP contribution is 2.25. The largest absolute Gasteiger partial charge is 0.494 e. The van der Waals surface area contributed by atoms with Gasteiger partial charge in [0, 0.05) is 13.1 Å². The molecule has 0 saturated heterocycles. The standard InChI is InChI=1S/C26H35Cl2N3O5S/c1-5-8-15-29-26(33)24(6-2)30(17-19-9-14-22(27)23(28)16-19)25(32)18-31(37(4,34)35)20-10-12-21(13-11-20)36-7-3/h9-14,16,24H,5-8,15,17-18H2,1-4H3,(H,29,33)/t24-/m1/s1. The van der Waals surface area contributed by atoms with Gasteiger partial charge in [0.25, 0.3) is 0 Å². The Morgan fingerprint density at radius 2 is 1.70 bits per heavy atom. The molecule has 2 rings (SSSR count). The average molecular weight is 573 g/mol. The Morgan fingerprint density at radius 3 is 2.24 bits per heavy atom. The number of carbonyl (C=O) groups excluding carboxylic acids is 2. The summed E-state index contributed by atoms with van der Waals surface area (Å²) in [6.07, 6.45) is 3.10. The quantitative estimate of drug-likeness (QED) is 0.326. The number of nitrogens with zero attached hydrogens (tertiary/aromatic N) is 2. The Balaban J connectivity index is 2.41. The highest BCUT2D eigenvalue weighted by molar-refractivity contribution is 7.92. The maximum atomic E-state index is 13.7. The second-order valence-corrected chi connectivity index (χ2v) is 11.3. The fourth-order valence-corrected chi connectivity index (χ4v) is 4.92. The molecule has 0 unspecified atom stereocenters. The third-order valence-corrected chi connectivity index (χ3v) is 7.55. The first-order valence-corrected chi connectivity index (χ1v) is 14.8. The number of carbonyl (C=O) groups is 2. The van der Waals surface area contributed by atoms with E-state index in [9.17, 15) is 18.0 Å². The minimum absolute atomic E-state index is 0.0519. The van der Waals surface area contributed by atoms with E-state index < -0.39 is 28.5 Å². The van der Waals surface area contributed by atoms with Crippen LogP contribution >= 0.6 is 23.2 Å². The second kappa shape index (κ2) is 14.4. The number of anilines is 1. The van der Waals surface area contributed by atoms with Crippen molar-refractivity contribution in [2.24, 2.45) is 0 Å². The Kier molecular flexibility index (Phi) is 12.0. The van der Waals surface area contributed by atoms with Crippen molar-refractivity contribution < 1.29 is 22.7 Å². The minimum atomic E-state index is -3.82. The molecule has 0 heterocycles. The molecule has 204 valence electrons. The summed E-state index contributed by atoms with van der Waals surface area (Å²) in [5, 5.41) is 3.57. The number of benzene rings is 2. The third-order valence-electron chi connectivity index (χ3n) is 5.67. The number of ether oxygens (including phenoxy) is 1. The first-order valence-electron chi connectivity index (χ1n) is 12.2. The van der Waals surface area contributed by atoms with Gasteiger partial charge >= 0.3 is 0 Å². The smallest absolute Gasteiger partial charge is 0.244 e. The van der Waals surface area contributed by atoms with Gasteiger partial charge in [0.15, 0.2) is 0 Å². The zero-order valence-corrected chi connectivity index (χ0v) is 24.0. The van der Waals surface area contributed by atoms with E-state index in [1.54, 1.807) is 49.4 Å². The zero-order chi connectivity index (χ0) is 27.6. The predicted octanol–water partition coefficient (Wildman–Crippen LogP) is 4.88. The lowest BCUT2D eigenvalue weighted by Gasteiger charge is -2.33. The number of unbranched alkanes of at least 4 members (excludes halogenated alkanes) is 1. The molecule has 0 saturated carbocycles. The van der Waals surface area contributed by atoms with Crippen LogP contribution in [0, 0.1) is 0 Å². The summed E-state index contributed by atoms with van der Waals surface area (Å²) in [5.74, 6) is -0.235. The first kappa shape index (κ1) is 30.7. The maximum absolute atomic E-state index is 13.7. The minimum Gasteiger partial charge on any atom is -0.494 e. The molecule has 1 atom stereocenters. The summed E-state index contributed by atoms with van der Waals surface area (Å²) in [5.41, 5.74) is 0.976. The third kappa shape index (κ3) is 9.09. The van der Waals surface area contributed by atoms with Gasteiger partial charge in [0.2, 0.25) is 21.8 Å². The summed E-state index contributed by atoms with van der Waals surface area (Å²) in [4.78, 5) is 28.1. The Morgan fingerprint density at radius 1 is 1.03 bits per heavy atom. The van der Waals surface area contributed by atoms with Gasteiger partial charge in [-0.15, -0.1) is 0 Å². The fraction of sp³-hybridized carbons (Fsp3) is 0.462. The van der Waals surface area contributed by atoms with Crippen LogP contribution in [-0.2, 0) is 26.2 Å². The molecule has 11 heteroatoms. The molecule has 2 amide bonds. The van der Waals surface area contributed by atoms with E-state index in [4.69, 9.17) is 27.9 Å². The number of amides is 2. The van der Waals surface area contributed by atoms with Crippen molar-refractivity contribution in [2.45, 2.75) is 52.6 Å². The van der Waals surface area contributed by atoms with E-state index in [2.05, 4.69) is 5.32 Å². The molecule has 0 aliphatic rings. The summed E-state index contributed by atoms with van der Waals surface area (Å²) >= 11 is 12.2. The second-order valence-electron chi connectivity index (χ2n) is 8.54.